The van der Waals surface area contributed by atoms with Gasteiger partial charge in [0.1, 0.15) is 5.69 Å². The summed E-state index contributed by atoms with van der Waals surface area (Å²) in [7, 11) is 0. The van der Waals surface area contributed by atoms with Gasteiger partial charge < -0.3 is 5.32 Å². The van der Waals surface area contributed by atoms with Crippen LogP contribution in [0.3, 0.4) is 0 Å². The van der Waals surface area contributed by atoms with E-state index in [1.165, 1.54) is 0 Å². The van der Waals surface area contributed by atoms with E-state index in [9.17, 15) is 4.79 Å². The normalized spacial score (nSPS) is 9.78. The number of nitrogens with zero attached hydrogens (tertiary/aromatic N) is 3. The molecule has 0 aliphatic rings. The molecule has 0 fully saturated rings. The molecular weight excluding hydrogens is 228 g/mol. The first-order valence-corrected chi connectivity index (χ1v) is 5.58. The molecule has 0 radical (unpaired) electrons. The standard InChI is InChI=1S/C13H12N4O/c1-2-17-12(7-8-15-17)13(18)16-11-5-3-10(9-14)4-6-11/h3-8H,2H2,1H3,(H,16,18). The van der Waals surface area contributed by atoms with Crippen molar-refractivity contribution in [1.29, 1.82) is 5.26 Å². The smallest absolute Gasteiger partial charge is 0.273 e. The van der Waals surface area contributed by atoms with Crippen LogP contribution >= 0.6 is 0 Å². The van der Waals surface area contributed by atoms with Crippen LogP contribution in [0.1, 0.15) is 23.0 Å². The van der Waals surface area contributed by atoms with Crippen molar-refractivity contribution in [1.82, 2.24) is 9.78 Å². The van der Waals surface area contributed by atoms with E-state index in [0.717, 1.165) is 0 Å². The van der Waals surface area contributed by atoms with Crippen LogP contribution in [-0.4, -0.2) is 15.7 Å². The lowest BCUT2D eigenvalue weighted by Crippen LogP contribution is -2.17. The largest absolute Gasteiger partial charge is 0.321 e. The van der Waals surface area contributed by atoms with E-state index in [1.807, 2.05) is 13.0 Å². The topological polar surface area (TPSA) is 70.7 Å². The first kappa shape index (κ1) is 11.9. The second kappa shape index (κ2) is 5.15. The number of aryl methyl sites for hydroxylation is 1. The molecule has 1 N–H and O–H groups in total. The summed E-state index contributed by atoms with van der Waals surface area (Å²) in [5.74, 6) is -0.209. The lowest BCUT2D eigenvalue weighted by molar-refractivity contribution is 0.101. The van der Waals surface area contributed by atoms with Gasteiger partial charge in [0.2, 0.25) is 0 Å². The van der Waals surface area contributed by atoms with Gasteiger partial charge in [0.25, 0.3) is 5.91 Å². The predicted molar refractivity (Wildman–Crippen MR) is 67.0 cm³/mol. The van der Waals surface area contributed by atoms with Gasteiger partial charge in [0.15, 0.2) is 0 Å². The molecule has 0 atom stereocenters. The third-order valence-electron chi connectivity index (χ3n) is 2.52. The number of anilines is 1. The van der Waals surface area contributed by atoms with Gasteiger partial charge in [-0.15, -0.1) is 0 Å². The van der Waals surface area contributed by atoms with E-state index in [-0.39, 0.29) is 5.91 Å². The minimum Gasteiger partial charge on any atom is -0.321 e. The van der Waals surface area contributed by atoms with E-state index < -0.39 is 0 Å². The molecule has 1 amide bonds. The summed E-state index contributed by atoms with van der Waals surface area (Å²) in [6.45, 7) is 2.56. The van der Waals surface area contributed by atoms with Gasteiger partial charge in [-0.2, -0.15) is 10.4 Å². The van der Waals surface area contributed by atoms with E-state index in [4.69, 9.17) is 5.26 Å². The third kappa shape index (κ3) is 2.38. The molecular formula is C13H12N4O. The summed E-state index contributed by atoms with van der Waals surface area (Å²) in [5, 5.41) is 15.5. The Hall–Kier alpha value is -2.61. The van der Waals surface area contributed by atoms with Gasteiger partial charge in [0, 0.05) is 18.4 Å². The zero-order valence-electron chi connectivity index (χ0n) is 9.92. The number of hydrogen-bond donors (Lipinski definition) is 1. The van der Waals surface area contributed by atoms with Crippen molar-refractivity contribution in [3.63, 3.8) is 0 Å². The number of nitriles is 1. The van der Waals surface area contributed by atoms with Crippen LogP contribution in [0.5, 0.6) is 0 Å². The predicted octanol–water partition coefficient (Wildman–Crippen LogP) is 2.03. The molecule has 90 valence electrons. The zero-order valence-corrected chi connectivity index (χ0v) is 9.92. The lowest BCUT2D eigenvalue weighted by Gasteiger charge is -2.06. The summed E-state index contributed by atoms with van der Waals surface area (Å²) in [6.07, 6.45) is 1.59. The van der Waals surface area contributed by atoms with Crippen LogP contribution in [0.15, 0.2) is 36.5 Å². The lowest BCUT2D eigenvalue weighted by atomic mass is 10.2. The van der Waals surface area contributed by atoms with E-state index in [0.29, 0.717) is 23.5 Å². The molecule has 2 rings (SSSR count). The average molecular weight is 240 g/mol. The van der Waals surface area contributed by atoms with Crippen molar-refractivity contribution in [2.75, 3.05) is 5.32 Å². The minimum absolute atomic E-state index is 0.209. The second-order valence-electron chi connectivity index (χ2n) is 3.68. The quantitative estimate of drug-likeness (QED) is 0.892. The highest BCUT2D eigenvalue weighted by molar-refractivity contribution is 6.03. The minimum atomic E-state index is -0.209. The fraction of sp³-hybridized carbons (Fsp3) is 0.154. The van der Waals surface area contributed by atoms with Gasteiger partial charge in [-0.3, -0.25) is 9.48 Å². The Morgan fingerprint density at radius 1 is 1.39 bits per heavy atom. The Labute approximate surface area is 105 Å². The van der Waals surface area contributed by atoms with Crippen molar-refractivity contribution >= 4 is 11.6 Å². The van der Waals surface area contributed by atoms with Crippen molar-refractivity contribution < 1.29 is 4.79 Å². The molecule has 1 aromatic carbocycles. The molecule has 0 unspecified atom stereocenters. The second-order valence-corrected chi connectivity index (χ2v) is 3.68. The van der Waals surface area contributed by atoms with Crippen LogP contribution in [0.4, 0.5) is 5.69 Å². The summed E-state index contributed by atoms with van der Waals surface area (Å²) in [6, 6.07) is 10.4. The number of nitrogens with one attached hydrogen (secondary N) is 1. The van der Waals surface area contributed by atoms with Crippen molar-refractivity contribution in [3.8, 4) is 6.07 Å². The summed E-state index contributed by atoms with van der Waals surface area (Å²) in [5.41, 5.74) is 1.73. The molecule has 0 aliphatic heterocycles. The maximum absolute atomic E-state index is 12.0. The number of carbonyl (C=O) groups is 1. The number of rotatable bonds is 3. The molecule has 0 bridgehead atoms. The van der Waals surface area contributed by atoms with Gasteiger partial charge in [0.05, 0.1) is 11.6 Å². The van der Waals surface area contributed by atoms with E-state index in [2.05, 4.69) is 10.4 Å². The Morgan fingerprint density at radius 3 is 2.72 bits per heavy atom. The van der Waals surface area contributed by atoms with Crippen LogP contribution in [0, 0.1) is 11.3 Å². The molecule has 0 spiro atoms. The van der Waals surface area contributed by atoms with Crippen molar-refractivity contribution in [3.05, 3.63) is 47.8 Å². The monoisotopic (exact) mass is 240 g/mol. The zero-order chi connectivity index (χ0) is 13.0. The first-order valence-electron chi connectivity index (χ1n) is 5.58. The Bertz CT molecular complexity index is 592. The summed E-state index contributed by atoms with van der Waals surface area (Å²) in [4.78, 5) is 12.0. The maximum atomic E-state index is 12.0. The number of carbonyl (C=O) groups excluding carboxylic acids is 1. The highest BCUT2D eigenvalue weighted by Gasteiger charge is 2.10. The van der Waals surface area contributed by atoms with Gasteiger partial charge in [-0.05, 0) is 37.3 Å². The summed E-state index contributed by atoms with van der Waals surface area (Å²) >= 11 is 0. The Morgan fingerprint density at radius 2 is 2.11 bits per heavy atom. The third-order valence-corrected chi connectivity index (χ3v) is 2.52. The highest BCUT2D eigenvalue weighted by Crippen LogP contribution is 2.10. The number of amides is 1. The summed E-state index contributed by atoms with van der Waals surface area (Å²) < 4.78 is 1.62. The number of benzene rings is 1. The molecule has 5 nitrogen and oxygen atoms in total. The molecule has 0 aliphatic carbocycles. The number of hydrogen-bond acceptors (Lipinski definition) is 3. The van der Waals surface area contributed by atoms with E-state index >= 15 is 0 Å². The van der Waals surface area contributed by atoms with E-state index in [1.54, 1.807) is 41.2 Å². The fourth-order valence-corrected chi connectivity index (χ4v) is 1.60. The molecule has 0 saturated heterocycles. The average Bonchev–Trinajstić information content (AvgIpc) is 2.88. The molecule has 2 aromatic rings. The molecule has 5 heteroatoms. The fourth-order valence-electron chi connectivity index (χ4n) is 1.60. The number of aromatic nitrogens is 2. The van der Waals surface area contributed by atoms with Gasteiger partial charge in [-0.25, -0.2) is 0 Å². The first-order chi connectivity index (χ1) is 8.74. The molecule has 1 heterocycles. The van der Waals surface area contributed by atoms with Crippen LogP contribution in [0.2, 0.25) is 0 Å². The van der Waals surface area contributed by atoms with Gasteiger partial charge >= 0.3 is 0 Å². The molecule has 1 aromatic heterocycles. The van der Waals surface area contributed by atoms with Gasteiger partial charge in [-0.1, -0.05) is 0 Å². The molecule has 18 heavy (non-hydrogen) atoms. The molecule has 0 saturated carbocycles. The van der Waals surface area contributed by atoms with Crippen molar-refractivity contribution in [2.45, 2.75) is 13.5 Å². The highest BCUT2D eigenvalue weighted by atomic mass is 16.2. The SMILES string of the molecule is CCn1nccc1C(=O)Nc1ccc(C#N)cc1. The Balaban J connectivity index is 2.14. The van der Waals surface area contributed by atoms with Crippen molar-refractivity contribution in [2.24, 2.45) is 0 Å². The van der Waals surface area contributed by atoms with Crippen LogP contribution < -0.4 is 5.32 Å². The van der Waals surface area contributed by atoms with Crippen LogP contribution in [-0.2, 0) is 6.54 Å². The maximum Gasteiger partial charge on any atom is 0.273 e. The Kier molecular flexibility index (Phi) is 3.39. The van der Waals surface area contributed by atoms with Crippen LogP contribution in [0.25, 0.3) is 0 Å².